The topological polar surface area (TPSA) is 3.24 Å². The average Bonchev–Trinajstić information content (AvgIpc) is 2.54. The summed E-state index contributed by atoms with van der Waals surface area (Å²) in [5.74, 6) is 0. The van der Waals surface area contributed by atoms with Crippen LogP contribution in [0.5, 0.6) is 0 Å². The van der Waals surface area contributed by atoms with Gasteiger partial charge in [0, 0.05) is 13.1 Å². The minimum absolute atomic E-state index is 0.943. The number of aryl methyl sites for hydroxylation is 1. The molecule has 0 N–H and O–H groups in total. The van der Waals surface area contributed by atoms with Crippen LogP contribution in [0.4, 0.5) is 0 Å². The molecule has 0 unspecified atom stereocenters. The number of rotatable bonds is 6. The van der Waals surface area contributed by atoms with E-state index in [0.717, 1.165) is 13.1 Å². The molecule has 22 heavy (non-hydrogen) atoms. The smallest absolute Gasteiger partial charge is 0.0236 e. The summed E-state index contributed by atoms with van der Waals surface area (Å²) in [6.07, 6.45) is 6.62. The number of hydrogen-bond donors (Lipinski definition) is 0. The number of likely N-dealkylation sites (N-methyl/N-ethyl adjacent to an activating group) is 1. The van der Waals surface area contributed by atoms with Gasteiger partial charge in [0.25, 0.3) is 0 Å². The van der Waals surface area contributed by atoms with Crippen LogP contribution < -0.4 is 0 Å². The molecule has 0 aliphatic heterocycles. The molecule has 2 aromatic carbocycles. The van der Waals surface area contributed by atoms with Crippen LogP contribution in [0.25, 0.3) is 11.6 Å². The van der Waals surface area contributed by atoms with Gasteiger partial charge in [-0.2, -0.15) is 0 Å². The zero-order valence-corrected chi connectivity index (χ0v) is 13.8. The van der Waals surface area contributed by atoms with E-state index in [1.807, 2.05) is 6.07 Å². The van der Waals surface area contributed by atoms with Gasteiger partial charge in [-0.05, 0) is 43.2 Å². The quantitative estimate of drug-likeness (QED) is 0.720. The minimum atomic E-state index is 0.943. The predicted molar refractivity (Wildman–Crippen MR) is 97.8 cm³/mol. The monoisotopic (exact) mass is 291 g/mol. The lowest BCUT2D eigenvalue weighted by atomic mass is 10.00. The van der Waals surface area contributed by atoms with E-state index < -0.39 is 0 Å². The van der Waals surface area contributed by atoms with Crippen LogP contribution in [0.3, 0.4) is 0 Å². The third-order valence-corrected chi connectivity index (χ3v) is 3.81. The highest BCUT2D eigenvalue weighted by Gasteiger charge is 2.06. The van der Waals surface area contributed by atoms with E-state index in [1.165, 1.54) is 22.3 Å². The van der Waals surface area contributed by atoms with E-state index in [-0.39, 0.29) is 0 Å². The van der Waals surface area contributed by atoms with Crippen molar-refractivity contribution in [3.63, 3.8) is 0 Å². The Balaban J connectivity index is 1.95. The molecule has 0 atom stereocenters. The minimum Gasteiger partial charge on any atom is -0.298 e. The molecule has 0 saturated heterocycles. The standard InChI is InChI=1S/C21H25N/c1-4-20(21-15-9-8-11-18(21)2)17-22(3)16-10-14-19-12-6-5-7-13-19/h4-15H,16-17H2,1-3H3/b14-10+,20-4-. The van der Waals surface area contributed by atoms with Gasteiger partial charge in [0.2, 0.25) is 0 Å². The molecule has 1 heteroatoms. The first-order valence-corrected chi connectivity index (χ1v) is 7.82. The summed E-state index contributed by atoms with van der Waals surface area (Å²) in [4.78, 5) is 2.33. The van der Waals surface area contributed by atoms with E-state index in [9.17, 15) is 0 Å². The predicted octanol–water partition coefficient (Wildman–Crippen LogP) is 5.04. The zero-order chi connectivity index (χ0) is 15.8. The summed E-state index contributed by atoms with van der Waals surface area (Å²) in [5.41, 5.74) is 5.32. The molecule has 0 aliphatic carbocycles. The summed E-state index contributed by atoms with van der Waals surface area (Å²) in [6.45, 7) is 6.20. The van der Waals surface area contributed by atoms with Gasteiger partial charge in [0.1, 0.15) is 0 Å². The fraction of sp³-hybridized carbons (Fsp3) is 0.238. The third-order valence-electron chi connectivity index (χ3n) is 3.81. The van der Waals surface area contributed by atoms with Crippen LogP contribution in [-0.2, 0) is 0 Å². The molecule has 0 radical (unpaired) electrons. The van der Waals surface area contributed by atoms with Gasteiger partial charge < -0.3 is 0 Å². The highest BCUT2D eigenvalue weighted by Crippen LogP contribution is 2.19. The molecule has 2 rings (SSSR count). The Morgan fingerprint density at radius 2 is 1.68 bits per heavy atom. The summed E-state index contributed by atoms with van der Waals surface area (Å²) in [7, 11) is 2.16. The highest BCUT2D eigenvalue weighted by molar-refractivity contribution is 5.69. The third kappa shape index (κ3) is 4.71. The number of benzene rings is 2. The maximum absolute atomic E-state index is 2.33. The molecule has 0 aromatic heterocycles. The highest BCUT2D eigenvalue weighted by atomic mass is 15.1. The van der Waals surface area contributed by atoms with E-state index >= 15 is 0 Å². The molecule has 1 nitrogen and oxygen atoms in total. The van der Waals surface area contributed by atoms with Crippen molar-refractivity contribution in [2.45, 2.75) is 13.8 Å². The average molecular weight is 291 g/mol. The van der Waals surface area contributed by atoms with E-state index in [2.05, 4.69) is 92.6 Å². The van der Waals surface area contributed by atoms with Crippen molar-refractivity contribution in [2.75, 3.05) is 20.1 Å². The van der Waals surface area contributed by atoms with Crippen molar-refractivity contribution >= 4 is 11.6 Å². The normalized spacial score (nSPS) is 12.3. The number of nitrogens with zero attached hydrogens (tertiary/aromatic N) is 1. The molecule has 0 fully saturated rings. The van der Waals surface area contributed by atoms with Crippen molar-refractivity contribution in [3.8, 4) is 0 Å². The first-order chi connectivity index (χ1) is 10.7. The van der Waals surface area contributed by atoms with Crippen molar-refractivity contribution < 1.29 is 0 Å². The lowest BCUT2D eigenvalue weighted by Crippen LogP contribution is -2.20. The Bertz CT molecular complexity index is 638. The van der Waals surface area contributed by atoms with Gasteiger partial charge in [-0.1, -0.05) is 72.8 Å². The van der Waals surface area contributed by atoms with Crippen LogP contribution in [-0.4, -0.2) is 25.0 Å². The molecular weight excluding hydrogens is 266 g/mol. The Kier molecular flexibility index (Phi) is 6.17. The molecule has 0 spiro atoms. The van der Waals surface area contributed by atoms with Gasteiger partial charge in [0.15, 0.2) is 0 Å². The van der Waals surface area contributed by atoms with E-state index in [4.69, 9.17) is 0 Å². The molecule has 0 heterocycles. The summed E-state index contributed by atoms with van der Waals surface area (Å²) in [6, 6.07) is 19.0. The SMILES string of the molecule is C/C=C(/CN(C)C/C=C/c1ccccc1)c1ccccc1C. The summed E-state index contributed by atoms with van der Waals surface area (Å²) >= 11 is 0. The molecule has 114 valence electrons. The van der Waals surface area contributed by atoms with Crippen molar-refractivity contribution in [3.05, 3.63) is 83.4 Å². The first kappa shape index (κ1) is 16.3. The van der Waals surface area contributed by atoms with Crippen LogP contribution in [0, 0.1) is 6.92 Å². The summed E-state index contributed by atoms with van der Waals surface area (Å²) < 4.78 is 0. The fourth-order valence-electron chi connectivity index (χ4n) is 2.55. The molecule has 0 amide bonds. The van der Waals surface area contributed by atoms with Crippen LogP contribution in [0.2, 0.25) is 0 Å². The molecule has 2 aromatic rings. The van der Waals surface area contributed by atoms with E-state index in [1.54, 1.807) is 0 Å². The number of allylic oxidation sites excluding steroid dienone is 1. The van der Waals surface area contributed by atoms with Crippen LogP contribution in [0.15, 0.2) is 66.7 Å². The Hall–Kier alpha value is -2.12. The van der Waals surface area contributed by atoms with Gasteiger partial charge in [-0.15, -0.1) is 0 Å². The number of hydrogen-bond acceptors (Lipinski definition) is 1. The Labute approximate surface area is 134 Å². The molecular formula is C21H25N. The van der Waals surface area contributed by atoms with Crippen molar-refractivity contribution in [2.24, 2.45) is 0 Å². The lowest BCUT2D eigenvalue weighted by molar-refractivity contribution is 0.419. The Morgan fingerprint density at radius 3 is 2.36 bits per heavy atom. The fourth-order valence-corrected chi connectivity index (χ4v) is 2.55. The van der Waals surface area contributed by atoms with Gasteiger partial charge in [0.05, 0.1) is 0 Å². The second-order valence-electron chi connectivity index (χ2n) is 5.64. The first-order valence-electron chi connectivity index (χ1n) is 7.82. The largest absolute Gasteiger partial charge is 0.298 e. The van der Waals surface area contributed by atoms with Gasteiger partial charge >= 0.3 is 0 Å². The zero-order valence-electron chi connectivity index (χ0n) is 13.8. The summed E-state index contributed by atoms with van der Waals surface area (Å²) in [5, 5.41) is 0. The maximum Gasteiger partial charge on any atom is 0.0236 e. The van der Waals surface area contributed by atoms with Crippen LogP contribution >= 0.6 is 0 Å². The molecule has 0 bridgehead atoms. The lowest BCUT2D eigenvalue weighted by Gasteiger charge is -2.18. The molecule has 0 aliphatic rings. The maximum atomic E-state index is 2.33. The van der Waals surface area contributed by atoms with Crippen molar-refractivity contribution in [1.29, 1.82) is 0 Å². The van der Waals surface area contributed by atoms with Crippen molar-refractivity contribution in [1.82, 2.24) is 4.90 Å². The van der Waals surface area contributed by atoms with E-state index in [0.29, 0.717) is 0 Å². The van der Waals surface area contributed by atoms with Gasteiger partial charge in [-0.3, -0.25) is 4.90 Å². The van der Waals surface area contributed by atoms with Gasteiger partial charge in [-0.25, -0.2) is 0 Å². The molecule has 0 saturated carbocycles. The second-order valence-corrected chi connectivity index (χ2v) is 5.64. The Morgan fingerprint density at radius 1 is 1.00 bits per heavy atom. The second kappa shape index (κ2) is 8.35. The van der Waals surface area contributed by atoms with Crippen LogP contribution in [0.1, 0.15) is 23.6 Å².